The van der Waals surface area contributed by atoms with Gasteiger partial charge < -0.3 is 4.74 Å². The van der Waals surface area contributed by atoms with Crippen molar-refractivity contribution >= 4 is 51.6 Å². The molecule has 0 bridgehead atoms. The van der Waals surface area contributed by atoms with E-state index in [4.69, 9.17) is 0 Å². The fraction of sp³-hybridized carbons (Fsp3) is 0.231. The normalized spacial score (nSPS) is 12.0. The number of sulfonamides is 1. The molecule has 0 spiro atoms. The number of benzene rings is 1. The van der Waals surface area contributed by atoms with Gasteiger partial charge in [0.1, 0.15) is 0 Å². The number of nitrogens with one attached hydrogen (secondary N) is 2. The second kappa shape index (κ2) is 9.32. The molecule has 0 aliphatic heterocycles. The molecule has 0 aliphatic carbocycles. The van der Waals surface area contributed by atoms with Crippen LogP contribution in [0.2, 0.25) is 0 Å². The van der Waals surface area contributed by atoms with Crippen LogP contribution in [0.3, 0.4) is 0 Å². The third-order valence-corrected chi connectivity index (χ3v) is 4.37. The summed E-state index contributed by atoms with van der Waals surface area (Å²) in [7, 11) is -4.14. The molecule has 1 heterocycles. The summed E-state index contributed by atoms with van der Waals surface area (Å²) in [4.78, 5) is 19.6. The Labute approximate surface area is 186 Å². The van der Waals surface area contributed by atoms with Gasteiger partial charge in [0.15, 0.2) is 0 Å². The number of urea groups is 1. The van der Waals surface area contributed by atoms with Crippen LogP contribution >= 0.6 is 0 Å². The average Bonchev–Trinajstić information content (AvgIpc) is 2.59. The average molecular weight is 469 g/mol. The minimum absolute atomic E-state index is 0. The Bertz CT molecular complexity index is 1030. The van der Waals surface area contributed by atoms with Gasteiger partial charge in [-0.15, -0.1) is 0 Å². The summed E-state index contributed by atoms with van der Waals surface area (Å²) in [5.41, 5.74) is -1.55. The third-order valence-electron chi connectivity index (χ3n) is 2.99. The summed E-state index contributed by atoms with van der Waals surface area (Å²) in [6.45, 7) is 0. The zero-order chi connectivity index (χ0) is 22.0. The summed E-state index contributed by atoms with van der Waals surface area (Å²) in [5, 5.41) is 1.56. The van der Waals surface area contributed by atoms with Gasteiger partial charge in [-0.25, -0.2) is 17.9 Å². The molecule has 0 saturated heterocycles. The Balaban J connectivity index is 0.00000450. The van der Waals surface area contributed by atoms with E-state index >= 15 is 0 Å². The van der Waals surface area contributed by atoms with Crippen molar-refractivity contribution in [2.45, 2.75) is 17.2 Å². The van der Waals surface area contributed by atoms with E-state index in [1.807, 2.05) is 0 Å². The van der Waals surface area contributed by atoms with Crippen molar-refractivity contribution in [3.8, 4) is 6.01 Å². The van der Waals surface area contributed by atoms with Crippen LogP contribution in [0.15, 0.2) is 29.2 Å². The van der Waals surface area contributed by atoms with Crippen LogP contribution in [-0.2, 0) is 22.4 Å². The van der Waals surface area contributed by atoms with Crippen LogP contribution in [0.25, 0.3) is 0 Å². The number of methoxy groups -OCH3 is 1. The van der Waals surface area contributed by atoms with E-state index in [1.165, 1.54) is 4.72 Å². The topological polar surface area (TPSA) is 123 Å². The maximum absolute atomic E-state index is 13.0. The van der Waals surface area contributed by atoms with Crippen molar-refractivity contribution < 1.29 is 44.3 Å². The van der Waals surface area contributed by atoms with Crippen LogP contribution < -0.4 is 14.8 Å². The zero-order valence-corrected chi connectivity index (χ0v) is 14.8. The van der Waals surface area contributed by atoms with E-state index in [0.717, 1.165) is 19.2 Å². The van der Waals surface area contributed by atoms with Gasteiger partial charge in [0.2, 0.25) is 11.8 Å². The number of hydrogen-bond acceptors (Lipinski definition) is 7. The van der Waals surface area contributed by atoms with Crippen LogP contribution in [-0.4, -0.2) is 66.1 Å². The molecule has 0 unspecified atom stereocenters. The molecule has 0 saturated carbocycles. The molecule has 2 rings (SSSR count). The van der Waals surface area contributed by atoms with Gasteiger partial charge in [-0.05, 0) is 12.1 Å². The van der Waals surface area contributed by atoms with Crippen LogP contribution in [0.1, 0.15) is 11.4 Å². The Kier molecular flexibility index (Phi) is 8.03. The SMILES string of the molecule is COc1nc(NC(=O)NS(=O)(=O)c2ccccc2C(F)(F)F)nc(C(F)(F)F)n1.[NaH]. The molecule has 0 fully saturated rings. The second-order valence-corrected chi connectivity index (χ2v) is 6.67. The first-order valence-electron chi connectivity index (χ1n) is 7.11. The van der Waals surface area contributed by atoms with Crippen molar-refractivity contribution in [1.29, 1.82) is 0 Å². The summed E-state index contributed by atoms with van der Waals surface area (Å²) in [6, 6.07) is 0.396. The molecular formula is C13H10F6N5NaO4S. The Morgan fingerprint density at radius 2 is 1.60 bits per heavy atom. The van der Waals surface area contributed by atoms with E-state index in [1.54, 1.807) is 5.32 Å². The number of rotatable bonds is 4. The van der Waals surface area contributed by atoms with Crippen molar-refractivity contribution in [2.24, 2.45) is 0 Å². The number of halogens is 6. The molecule has 1 aromatic heterocycles. The molecule has 0 atom stereocenters. The van der Waals surface area contributed by atoms with Gasteiger partial charge in [0.25, 0.3) is 10.0 Å². The van der Waals surface area contributed by atoms with Crippen LogP contribution in [0.5, 0.6) is 6.01 Å². The van der Waals surface area contributed by atoms with E-state index < -0.39 is 56.6 Å². The fourth-order valence-electron chi connectivity index (χ4n) is 1.87. The van der Waals surface area contributed by atoms with E-state index in [9.17, 15) is 39.6 Å². The molecule has 9 nitrogen and oxygen atoms in total. The van der Waals surface area contributed by atoms with Gasteiger partial charge in [-0.1, -0.05) is 12.1 Å². The monoisotopic (exact) mass is 469 g/mol. The standard InChI is InChI=1S/C13H9F6N5O4S.Na.H/c1-28-11-21-8(13(17,18)19)20-9(23-11)22-10(25)24-29(26,27)7-5-3-2-4-6(7)12(14,15)16;;/h2-5H,1H3,(H2,20,21,22,23,24,25);;. The van der Waals surface area contributed by atoms with Gasteiger partial charge in [0.05, 0.1) is 17.6 Å². The first kappa shape index (κ1) is 25.9. The van der Waals surface area contributed by atoms with E-state index in [-0.39, 0.29) is 29.6 Å². The number of nitrogens with zero attached hydrogens (tertiary/aromatic N) is 3. The summed E-state index contributed by atoms with van der Waals surface area (Å²) in [5.74, 6) is -2.81. The Morgan fingerprint density at radius 3 is 2.13 bits per heavy atom. The van der Waals surface area contributed by atoms with Crippen molar-refractivity contribution in [3.63, 3.8) is 0 Å². The minimum atomic E-state index is -5.05. The summed E-state index contributed by atoms with van der Waals surface area (Å²) >= 11 is 0. The van der Waals surface area contributed by atoms with E-state index in [0.29, 0.717) is 12.1 Å². The first-order valence-corrected chi connectivity index (χ1v) is 8.59. The number of hydrogen-bond donors (Lipinski definition) is 2. The Hall–Kier alpha value is -2.17. The number of amides is 2. The van der Waals surface area contributed by atoms with Gasteiger partial charge in [-0.2, -0.15) is 41.3 Å². The fourth-order valence-corrected chi connectivity index (χ4v) is 3.01. The van der Waals surface area contributed by atoms with Crippen LogP contribution in [0, 0.1) is 0 Å². The molecule has 2 N–H and O–H groups in total. The van der Waals surface area contributed by atoms with Gasteiger partial charge in [-0.3, -0.25) is 5.32 Å². The molecule has 0 radical (unpaired) electrons. The van der Waals surface area contributed by atoms with E-state index in [2.05, 4.69) is 19.7 Å². The number of carbonyl (C=O) groups is 1. The molecule has 1 aromatic carbocycles. The molecule has 2 aromatic rings. The summed E-state index contributed by atoms with van der Waals surface area (Å²) in [6.07, 6.45) is -10.1. The maximum atomic E-state index is 13.0. The van der Waals surface area contributed by atoms with Crippen LogP contribution in [0.4, 0.5) is 37.1 Å². The quantitative estimate of drug-likeness (QED) is 0.517. The van der Waals surface area contributed by atoms with Crippen molar-refractivity contribution in [3.05, 3.63) is 35.7 Å². The third kappa shape index (κ3) is 6.41. The van der Waals surface area contributed by atoms with Crippen molar-refractivity contribution in [1.82, 2.24) is 19.7 Å². The molecular weight excluding hydrogens is 459 g/mol. The molecule has 160 valence electrons. The summed E-state index contributed by atoms with van der Waals surface area (Å²) < 4.78 is 107. The second-order valence-electron chi connectivity index (χ2n) is 5.02. The predicted molar refractivity (Wildman–Crippen MR) is 89.3 cm³/mol. The first-order chi connectivity index (χ1) is 13.2. The number of aromatic nitrogens is 3. The van der Waals surface area contributed by atoms with Gasteiger partial charge in [0, 0.05) is 0 Å². The van der Waals surface area contributed by atoms with Gasteiger partial charge >= 0.3 is 54.0 Å². The Morgan fingerprint density at radius 1 is 1.00 bits per heavy atom. The molecule has 2 amide bonds. The number of alkyl halides is 6. The number of carbonyl (C=O) groups excluding carboxylic acids is 1. The van der Waals surface area contributed by atoms with Crippen molar-refractivity contribution in [2.75, 3.05) is 12.4 Å². The predicted octanol–water partition coefficient (Wildman–Crippen LogP) is 1.78. The molecule has 30 heavy (non-hydrogen) atoms. The molecule has 0 aliphatic rings. The number of anilines is 1. The zero-order valence-electron chi connectivity index (χ0n) is 14.0. The number of ether oxygens (including phenoxy) is 1. The molecule has 17 heteroatoms.